The molecule has 1 aliphatic carbocycles. The second-order valence-corrected chi connectivity index (χ2v) is 3.61. The van der Waals surface area contributed by atoms with E-state index >= 15 is 0 Å². The molecule has 1 nitrogen and oxygen atoms in total. The van der Waals surface area contributed by atoms with Crippen LogP contribution in [0, 0.1) is 0 Å². The van der Waals surface area contributed by atoms with Gasteiger partial charge in [-0.25, -0.2) is 0 Å². The summed E-state index contributed by atoms with van der Waals surface area (Å²) in [6.45, 7) is 6.47. The van der Waals surface area contributed by atoms with Crippen LogP contribution in [-0.2, 0) is 0 Å². The molecular formula is C12H19N. The third-order valence-electron chi connectivity index (χ3n) is 3.11. The summed E-state index contributed by atoms with van der Waals surface area (Å²) in [6, 6.07) is 0. The molecule has 0 saturated carbocycles. The SMILES string of the molecule is C/C=C(/C)C1(NC)CC=CC=C1C. The second-order valence-electron chi connectivity index (χ2n) is 3.61. The molecule has 0 aromatic carbocycles. The number of hydrogen-bond donors (Lipinski definition) is 1. The van der Waals surface area contributed by atoms with Gasteiger partial charge in [0.1, 0.15) is 0 Å². The van der Waals surface area contributed by atoms with Crippen molar-refractivity contribution in [3.8, 4) is 0 Å². The highest BCUT2D eigenvalue weighted by atomic mass is 14.9. The maximum atomic E-state index is 3.43. The van der Waals surface area contributed by atoms with Gasteiger partial charge in [0.05, 0.1) is 5.54 Å². The van der Waals surface area contributed by atoms with E-state index in [9.17, 15) is 0 Å². The normalized spacial score (nSPS) is 28.9. The molecule has 1 N–H and O–H groups in total. The fourth-order valence-corrected chi connectivity index (χ4v) is 1.98. The van der Waals surface area contributed by atoms with Gasteiger partial charge in [-0.2, -0.15) is 0 Å². The molecule has 13 heavy (non-hydrogen) atoms. The Labute approximate surface area is 81.2 Å². The van der Waals surface area contributed by atoms with Crippen molar-refractivity contribution in [2.75, 3.05) is 7.05 Å². The molecule has 0 saturated heterocycles. The van der Waals surface area contributed by atoms with Gasteiger partial charge in [0.15, 0.2) is 0 Å². The van der Waals surface area contributed by atoms with E-state index in [1.165, 1.54) is 11.1 Å². The Morgan fingerprint density at radius 1 is 1.62 bits per heavy atom. The third-order valence-corrected chi connectivity index (χ3v) is 3.11. The van der Waals surface area contributed by atoms with E-state index in [2.05, 4.69) is 50.4 Å². The van der Waals surface area contributed by atoms with E-state index in [0.717, 1.165) is 6.42 Å². The van der Waals surface area contributed by atoms with Crippen molar-refractivity contribution >= 4 is 0 Å². The van der Waals surface area contributed by atoms with Gasteiger partial charge in [-0.1, -0.05) is 29.9 Å². The lowest BCUT2D eigenvalue weighted by Gasteiger charge is -2.36. The van der Waals surface area contributed by atoms with Crippen LogP contribution in [0.25, 0.3) is 0 Å². The molecule has 1 unspecified atom stereocenters. The quantitative estimate of drug-likeness (QED) is 0.639. The number of rotatable bonds is 2. The molecule has 1 atom stereocenters. The second kappa shape index (κ2) is 3.93. The fourth-order valence-electron chi connectivity index (χ4n) is 1.98. The average molecular weight is 177 g/mol. The van der Waals surface area contributed by atoms with Crippen molar-refractivity contribution in [2.24, 2.45) is 0 Å². The molecule has 1 heteroatoms. The van der Waals surface area contributed by atoms with Crippen molar-refractivity contribution in [2.45, 2.75) is 32.7 Å². The molecule has 0 aliphatic heterocycles. The maximum Gasteiger partial charge on any atom is 0.0639 e. The maximum absolute atomic E-state index is 3.43. The summed E-state index contributed by atoms with van der Waals surface area (Å²) in [5, 5.41) is 3.43. The van der Waals surface area contributed by atoms with Gasteiger partial charge < -0.3 is 5.32 Å². The Morgan fingerprint density at radius 2 is 2.31 bits per heavy atom. The summed E-state index contributed by atoms with van der Waals surface area (Å²) < 4.78 is 0. The van der Waals surface area contributed by atoms with Crippen molar-refractivity contribution in [3.63, 3.8) is 0 Å². The highest BCUT2D eigenvalue weighted by Gasteiger charge is 2.31. The first-order valence-corrected chi connectivity index (χ1v) is 4.83. The summed E-state index contributed by atoms with van der Waals surface area (Å²) in [4.78, 5) is 0. The standard InChI is InChI=1S/C12H19N/c1-5-10(2)12(13-4)9-7-6-8-11(12)3/h5-8,13H,9H2,1-4H3/b10-5-. The zero-order chi connectivity index (χ0) is 9.90. The number of allylic oxidation sites excluding steroid dienone is 3. The first kappa shape index (κ1) is 10.3. The fraction of sp³-hybridized carbons (Fsp3) is 0.500. The lowest BCUT2D eigenvalue weighted by atomic mass is 9.78. The van der Waals surface area contributed by atoms with E-state index < -0.39 is 0 Å². The Hall–Kier alpha value is -0.820. The van der Waals surface area contributed by atoms with Crippen molar-refractivity contribution in [1.29, 1.82) is 0 Å². The molecule has 0 radical (unpaired) electrons. The molecule has 0 fully saturated rings. The van der Waals surface area contributed by atoms with E-state index in [1.807, 2.05) is 7.05 Å². The van der Waals surface area contributed by atoms with Crippen LogP contribution in [0.4, 0.5) is 0 Å². The molecule has 72 valence electrons. The first-order chi connectivity index (χ1) is 6.17. The molecule has 0 aromatic heterocycles. The topological polar surface area (TPSA) is 12.0 Å². The minimum Gasteiger partial charge on any atom is -0.307 e. The van der Waals surface area contributed by atoms with E-state index in [0.29, 0.717) is 0 Å². The largest absolute Gasteiger partial charge is 0.307 e. The van der Waals surface area contributed by atoms with Gasteiger partial charge in [0.2, 0.25) is 0 Å². The van der Waals surface area contributed by atoms with Crippen LogP contribution in [0.3, 0.4) is 0 Å². The Morgan fingerprint density at radius 3 is 2.77 bits per heavy atom. The van der Waals surface area contributed by atoms with Crippen LogP contribution in [0.5, 0.6) is 0 Å². The Kier molecular flexibility index (Phi) is 3.10. The van der Waals surface area contributed by atoms with Crippen LogP contribution in [0.15, 0.2) is 35.5 Å². The molecule has 0 heterocycles. The predicted molar refractivity (Wildman–Crippen MR) is 58.7 cm³/mol. The van der Waals surface area contributed by atoms with Gasteiger partial charge in [0.25, 0.3) is 0 Å². The summed E-state index contributed by atoms with van der Waals surface area (Å²) >= 11 is 0. The number of likely N-dealkylation sites (N-methyl/N-ethyl adjacent to an activating group) is 1. The monoisotopic (exact) mass is 177 g/mol. The average Bonchev–Trinajstić information content (AvgIpc) is 2.18. The zero-order valence-corrected chi connectivity index (χ0v) is 9.02. The van der Waals surface area contributed by atoms with Gasteiger partial charge in [-0.05, 0) is 39.8 Å². The molecule has 0 bridgehead atoms. The summed E-state index contributed by atoms with van der Waals surface area (Å²) in [5.41, 5.74) is 2.87. The smallest absolute Gasteiger partial charge is 0.0639 e. The third kappa shape index (κ3) is 1.61. The summed E-state index contributed by atoms with van der Waals surface area (Å²) in [7, 11) is 2.03. The van der Waals surface area contributed by atoms with Gasteiger partial charge in [0, 0.05) is 0 Å². The van der Waals surface area contributed by atoms with Gasteiger partial charge >= 0.3 is 0 Å². The van der Waals surface area contributed by atoms with Gasteiger partial charge in [-0.15, -0.1) is 0 Å². The predicted octanol–water partition coefficient (Wildman–Crippen LogP) is 2.82. The van der Waals surface area contributed by atoms with Crippen LogP contribution in [0.1, 0.15) is 27.2 Å². The van der Waals surface area contributed by atoms with Crippen LogP contribution in [-0.4, -0.2) is 12.6 Å². The first-order valence-electron chi connectivity index (χ1n) is 4.83. The molecular weight excluding hydrogens is 158 g/mol. The Balaban J connectivity index is 3.08. The minimum absolute atomic E-state index is 0.0729. The van der Waals surface area contributed by atoms with Crippen LogP contribution in [0.2, 0.25) is 0 Å². The lowest BCUT2D eigenvalue weighted by molar-refractivity contribution is 0.478. The number of nitrogens with one attached hydrogen (secondary N) is 1. The highest BCUT2D eigenvalue weighted by molar-refractivity contribution is 5.39. The van der Waals surface area contributed by atoms with Crippen molar-refractivity contribution < 1.29 is 0 Å². The molecule has 0 amide bonds. The molecule has 1 aliphatic rings. The van der Waals surface area contributed by atoms with Crippen LogP contribution < -0.4 is 5.32 Å². The van der Waals surface area contributed by atoms with Crippen molar-refractivity contribution in [3.05, 3.63) is 35.5 Å². The zero-order valence-electron chi connectivity index (χ0n) is 9.02. The van der Waals surface area contributed by atoms with E-state index in [-0.39, 0.29) is 5.54 Å². The molecule has 1 rings (SSSR count). The van der Waals surface area contributed by atoms with Crippen molar-refractivity contribution in [1.82, 2.24) is 5.32 Å². The Bertz CT molecular complexity index is 271. The minimum atomic E-state index is 0.0729. The van der Waals surface area contributed by atoms with Crippen LogP contribution >= 0.6 is 0 Å². The summed E-state index contributed by atoms with van der Waals surface area (Å²) in [6.07, 6.45) is 9.78. The number of hydrogen-bond acceptors (Lipinski definition) is 1. The highest BCUT2D eigenvalue weighted by Crippen LogP contribution is 2.31. The molecule has 0 spiro atoms. The van der Waals surface area contributed by atoms with Gasteiger partial charge in [-0.3, -0.25) is 0 Å². The lowest BCUT2D eigenvalue weighted by Crippen LogP contribution is -2.45. The van der Waals surface area contributed by atoms with E-state index in [1.54, 1.807) is 0 Å². The summed E-state index contributed by atoms with van der Waals surface area (Å²) in [5.74, 6) is 0. The van der Waals surface area contributed by atoms with E-state index in [4.69, 9.17) is 0 Å². The molecule has 0 aromatic rings.